The Hall–Kier alpha value is -1.53. The molecule has 1 aromatic rings. The van der Waals surface area contributed by atoms with Crippen LogP contribution in [-0.4, -0.2) is 18.3 Å². The summed E-state index contributed by atoms with van der Waals surface area (Å²) in [5.74, 6) is 0.848. The fourth-order valence-corrected chi connectivity index (χ4v) is 2.98. The molecule has 0 amide bonds. The van der Waals surface area contributed by atoms with Crippen LogP contribution in [-0.2, 0) is 4.74 Å². The molecule has 1 saturated heterocycles. The van der Waals surface area contributed by atoms with E-state index in [9.17, 15) is 0 Å². The summed E-state index contributed by atoms with van der Waals surface area (Å²) < 4.78 is 12.0. The first-order chi connectivity index (χ1) is 9.21. The molecule has 1 saturated carbocycles. The molecule has 100 valence electrons. The first kappa shape index (κ1) is 12.5. The van der Waals surface area contributed by atoms with Crippen LogP contribution in [0.25, 0.3) is 0 Å². The Morgan fingerprint density at radius 1 is 1.42 bits per heavy atom. The lowest BCUT2D eigenvalue weighted by Gasteiger charge is -2.47. The van der Waals surface area contributed by atoms with Crippen LogP contribution in [0.2, 0.25) is 0 Å². The van der Waals surface area contributed by atoms with Gasteiger partial charge in [0, 0.05) is 12.8 Å². The zero-order valence-corrected chi connectivity index (χ0v) is 11.3. The van der Waals surface area contributed by atoms with E-state index in [1.165, 1.54) is 19.3 Å². The summed E-state index contributed by atoms with van der Waals surface area (Å²) in [5.41, 5.74) is 1.85. The lowest BCUT2D eigenvalue weighted by molar-refractivity contribution is -0.153. The maximum atomic E-state index is 8.96. The second-order valence-corrected chi connectivity index (χ2v) is 5.71. The van der Waals surface area contributed by atoms with Crippen LogP contribution in [0.1, 0.15) is 43.2 Å². The van der Waals surface area contributed by atoms with Crippen LogP contribution in [0.4, 0.5) is 0 Å². The number of hydrogen-bond acceptors (Lipinski definition) is 3. The van der Waals surface area contributed by atoms with Gasteiger partial charge in [-0.2, -0.15) is 5.26 Å². The molecule has 0 radical (unpaired) electrons. The summed E-state index contributed by atoms with van der Waals surface area (Å²) >= 11 is 0. The second kappa shape index (κ2) is 4.86. The molecule has 0 N–H and O–H groups in total. The van der Waals surface area contributed by atoms with Gasteiger partial charge in [0.25, 0.3) is 0 Å². The van der Waals surface area contributed by atoms with E-state index in [1.54, 1.807) is 0 Å². The first-order valence-electron chi connectivity index (χ1n) is 7.02. The predicted octanol–water partition coefficient (Wildman–Crippen LogP) is 3.35. The summed E-state index contributed by atoms with van der Waals surface area (Å²) in [6, 6.07) is 7.79. The summed E-state index contributed by atoms with van der Waals surface area (Å²) in [4.78, 5) is 0. The fourth-order valence-electron chi connectivity index (χ4n) is 2.98. The van der Waals surface area contributed by atoms with Crippen molar-refractivity contribution in [3.05, 3.63) is 29.3 Å². The smallest absolute Gasteiger partial charge is 0.123 e. The summed E-state index contributed by atoms with van der Waals surface area (Å²) in [5, 5.41) is 8.96. The standard InChI is InChI=1S/C16H19NO2/c1-12-3-4-13(11-17)9-15(12)19-14-5-8-18-16(10-14)6-2-7-16/h3-4,9,14H,2,5-8,10H2,1H3. The molecule has 0 aromatic heterocycles. The molecule has 1 unspecified atom stereocenters. The zero-order chi connectivity index (χ0) is 13.3. The van der Waals surface area contributed by atoms with Crippen molar-refractivity contribution in [1.82, 2.24) is 0 Å². The van der Waals surface area contributed by atoms with E-state index in [4.69, 9.17) is 14.7 Å². The monoisotopic (exact) mass is 257 g/mol. The number of aryl methyl sites for hydroxylation is 1. The van der Waals surface area contributed by atoms with E-state index in [1.807, 2.05) is 25.1 Å². The van der Waals surface area contributed by atoms with E-state index in [-0.39, 0.29) is 11.7 Å². The average molecular weight is 257 g/mol. The van der Waals surface area contributed by atoms with Gasteiger partial charge < -0.3 is 9.47 Å². The van der Waals surface area contributed by atoms with E-state index in [0.717, 1.165) is 30.8 Å². The molecule has 3 heteroatoms. The van der Waals surface area contributed by atoms with Gasteiger partial charge >= 0.3 is 0 Å². The lowest BCUT2D eigenvalue weighted by atomic mass is 9.74. The van der Waals surface area contributed by atoms with Gasteiger partial charge in [-0.1, -0.05) is 6.07 Å². The Kier molecular flexibility index (Phi) is 3.20. The molecule has 3 nitrogen and oxygen atoms in total. The van der Waals surface area contributed by atoms with Gasteiger partial charge in [-0.15, -0.1) is 0 Å². The van der Waals surface area contributed by atoms with Crippen molar-refractivity contribution in [3.63, 3.8) is 0 Å². The highest BCUT2D eigenvalue weighted by Gasteiger charge is 2.43. The second-order valence-electron chi connectivity index (χ2n) is 5.71. The summed E-state index contributed by atoms with van der Waals surface area (Å²) in [6.45, 7) is 2.82. The number of benzene rings is 1. The minimum absolute atomic E-state index is 0.101. The molecule has 1 aliphatic carbocycles. The Bertz CT molecular complexity index is 514. The predicted molar refractivity (Wildman–Crippen MR) is 72.1 cm³/mol. The van der Waals surface area contributed by atoms with Gasteiger partial charge in [0.15, 0.2) is 0 Å². The van der Waals surface area contributed by atoms with E-state index >= 15 is 0 Å². The summed E-state index contributed by atoms with van der Waals surface area (Å²) in [6.07, 6.45) is 5.77. The Labute approximate surface area is 114 Å². The van der Waals surface area contributed by atoms with Crippen molar-refractivity contribution in [2.75, 3.05) is 6.61 Å². The third-order valence-corrected chi connectivity index (χ3v) is 4.32. The highest BCUT2D eigenvalue weighted by Crippen LogP contribution is 2.43. The van der Waals surface area contributed by atoms with Gasteiger partial charge in [-0.05, 0) is 43.9 Å². The van der Waals surface area contributed by atoms with Crippen LogP contribution >= 0.6 is 0 Å². The number of nitriles is 1. The number of nitrogens with zero attached hydrogens (tertiary/aromatic N) is 1. The highest BCUT2D eigenvalue weighted by molar-refractivity contribution is 5.41. The molecule has 1 spiro atoms. The highest BCUT2D eigenvalue weighted by atomic mass is 16.5. The van der Waals surface area contributed by atoms with Crippen LogP contribution in [0.3, 0.4) is 0 Å². The summed E-state index contributed by atoms with van der Waals surface area (Å²) in [7, 11) is 0. The topological polar surface area (TPSA) is 42.2 Å². The molecular weight excluding hydrogens is 238 g/mol. The van der Waals surface area contributed by atoms with Crippen LogP contribution in [0.15, 0.2) is 18.2 Å². The van der Waals surface area contributed by atoms with Gasteiger partial charge in [0.2, 0.25) is 0 Å². The van der Waals surface area contributed by atoms with Crippen molar-refractivity contribution in [3.8, 4) is 11.8 Å². The third-order valence-electron chi connectivity index (χ3n) is 4.32. The van der Waals surface area contributed by atoms with Crippen LogP contribution in [0.5, 0.6) is 5.75 Å². The number of ether oxygens (including phenoxy) is 2. The van der Waals surface area contributed by atoms with Gasteiger partial charge in [-0.3, -0.25) is 0 Å². The van der Waals surface area contributed by atoms with Crippen molar-refractivity contribution in [1.29, 1.82) is 5.26 Å². The number of rotatable bonds is 2. The average Bonchev–Trinajstić information content (AvgIpc) is 2.40. The minimum Gasteiger partial charge on any atom is -0.490 e. The maximum absolute atomic E-state index is 8.96. The zero-order valence-electron chi connectivity index (χ0n) is 11.3. The Morgan fingerprint density at radius 2 is 2.26 bits per heavy atom. The maximum Gasteiger partial charge on any atom is 0.123 e. The molecule has 0 bridgehead atoms. The molecule has 3 rings (SSSR count). The number of hydrogen-bond donors (Lipinski definition) is 0. The molecule has 1 aliphatic heterocycles. The third kappa shape index (κ3) is 2.46. The SMILES string of the molecule is Cc1ccc(C#N)cc1OC1CCOC2(CCC2)C1. The molecular formula is C16H19NO2. The molecule has 19 heavy (non-hydrogen) atoms. The van der Waals surface area contributed by atoms with Crippen molar-refractivity contribution in [2.24, 2.45) is 0 Å². The normalized spacial score (nSPS) is 24.5. The van der Waals surface area contributed by atoms with Crippen molar-refractivity contribution < 1.29 is 9.47 Å². The largest absolute Gasteiger partial charge is 0.490 e. The van der Waals surface area contributed by atoms with Gasteiger partial charge in [0.05, 0.1) is 23.8 Å². The van der Waals surface area contributed by atoms with Crippen LogP contribution < -0.4 is 4.74 Å². The van der Waals surface area contributed by atoms with Crippen molar-refractivity contribution >= 4 is 0 Å². The van der Waals surface area contributed by atoms with Gasteiger partial charge in [0.1, 0.15) is 11.9 Å². The fraction of sp³-hybridized carbons (Fsp3) is 0.562. The molecule has 2 fully saturated rings. The Morgan fingerprint density at radius 3 is 2.95 bits per heavy atom. The van der Waals surface area contributed by atoms with Gasteiger partial charge in [-0.25, -0.2) is 0 Å². The molecule has 1 heterocycles. The van der Waals surface area contributed by atoms with Crippen LogP contribution in [0, 0.1) is 18.3 Å². The lowest BCUT2D eigenvalue weighted by Crippen LogP contribution is -2.48. The molecule has 2 aliphatic rings. The molecule has 1 aromatic carbocycles. The first-order valence-corrected chi connectivity index (χ1v) is 7.02. The minimum atomic E-state index is 0.101. The molecule has 1 atom stereocenters. The van der Waals surface area contributed by atoms with E-state index < -0.39 is 0 Å². The van der Waals surface area contributed by atoms with Crippen molar-refractivity contribution in [2.45, 2.75) is 50.7 Å². The Balaban J connectivity index is 1.72. The van der Waals surface area contributed by atoms with E-state index in [2.05, 4.69) is 6.07 Å². The van der Waals surface area contributed by atoms with E-state index in [0.29, 0.717) is 5.56 Å². The quantitative estimate of drug-likeness (QED) is 0.816.